The van der Waals surface area contributed by atoms with Crippen LogP contribution < -0.4 is 11.1 Å². The molecule has 0 atom stereocenters. The van der Waals surface area contributed by atoms with Gasteiger partial charge >= 0.3 is 0 Å². The number of amides is 2. The number of nitrogens with zero attached hydrogens (tertiary/aromatic N) is 2. The minimum absolute atomic E-state index is 0.0174. The first kappa shape index (κ1) is 27.0. The van der Waals surface area contributed by atoms with Crippen molar-refractivity contribution in [2.24, 2.45) is 11.7 Å². The van der Waals surface area contributed by atoms with Crippen molar-refractivity contribution < 1.29 is 14.0 Å². The summed E-state index contributed by atoms with van der Waals surface area (Å²) in [5, 5.41) is 3.06. The minimum atomic E-state index is -0.827. The highest BCUT2D eigenvalue weighted by Crippen LogP contribution is 2.42. The van der Waals surface area contributed by atoms with E-state index in [0.717, 1.165) is 53.6 Å². The van der Waals surface area contributed by atoms with E-state index in [-0.39, 0.29) is 17.9 Å². The van der Waals surface area contributed by atoms with Gasteiger partial charge in [0.05, 0.1) is 17.6 Å². The normalized spacial score (nSPS) is 24.5. The van der Waals surface area contributed by atoms with Crippen LogP contribution in [-0.4, -0.2) is 41.0 Å². The Morgan fingerprint density at radius 2 is 1.69 bits per heavy atom. The van der Waals surface area contributed by atoms with E-state index in [2.05, 4.69) is 5.32 Å². The van der Waals surface area contributed by atoms with Gasteiger partial charge in [0.25, 0.3) is 0 Å². The highest BCUT2D eigenvalue weighted by atomic mass is 19.1. The summed E-state index contributed by atoms with van der Waals surface area (Å²) in [5.74, 6) is 0.389. The molecule has 0 spiro atoms. The maximum atomic E-state index is 13.5. The van der Waals surface area contributed by atoms with Gasteiger partial charge in [-0.15, -0.1) is 0 Å². The fraction of sp³-hybridized carbons (Fsp3) is 0.406. The Labute approximate surface area is 229 Å². The number of nitrogens with one attached hydrogen (secondary N) is 1. The van der Waals surface area contributed by atoms with Crippen molar-refractivity contribution in [3.8, 4) is 22.4 Å². The average Bonchev–Trinajstić information content (AvgIpc) is 2.93. The van der Waals surface area contributed by atoms with Crippen molar-refractivity contribution in [3.63, 3.8) is 0 Å². The van der Waals surface area contributed by atoms with Crippen LogP contribution in [0.4, 0.5) is 10.1 Å². The summed E-state index contributed by atoms with van der Waals surface area (Å²) in [6.45, 7) is 1.60. The lowest BCUT2D eigenvalue weighted by molar-refractivity contribution is -0.130. The van der Waals surface area contributed by atoms with Crippen molar-refractivity contribution in [3.05, 3.63) is 72.4 Å². The van der Waals surface area contributed by atoms with E-state index < -0.39 is 11.7 Å². The number of hydrogen-bond acceptors (Lipinski definition) is 4. The summed E-state index contributed by atoms with van der Waals surface area (Å²) in [6.07, 6.45) is 5.78. The molecule has 0 saturated heterocycles. The van der Waals surface area contributed by atoms with Crippen LogP contribution in [0.2, 0.25) is 0 Å². The summed E-state index contributed by atoms with van der Waals surface area (Å²) >= 11 is 0. The lowest BCUT2D eigenvalue weighted by Crippen LogP contribution is -2.50. The zero-order chi connectivity index (χ0) is 27.6. The largest absolute Gasteiger partial charge is 0.343 e. The van der Waals surface area contributed by atoms with Gasteiger partial charge in [0, 0.05) is 55.9 Å². The highest BCUT2D eigenvalue weighted by Gasteiger charge is 2.42. The number of benzene rings is 2. The topological polar surface area (TPSA) is 88.3 Å². The van der Waals surface area contributed by atoms with Gasteiger partial charge < -0.3 is 16.0 Å². The Bertz CT molecular complexity index is 1310. The molecule has 7 heteroatoms. The van der Waals surface area contributed by atoms with E-state index in [4.69, 9.17) is 10.7 Å². The number of carbonyl (C=O) groups excluding carboxylic acids is 2. The number of aromatic nitrogens is 1. The molecule has 2 aliphatic rings. The molecule has 204 valence electrons. The first-order chi connectivity index (χ1) is 18.7. The monoisotopic (exact) mass is 528 g/mol. The second kappa shape index (κ2) is 11.3. The number of alkyl halides is 1. The van der Waals surface area contributed by atoms with E-state index in [0.29, 0.717) is 30.9 Å². The molecule has 39 heavy (non-hydrogen) atoms. The molecule has 2 aliphatic carbocycles. The molecule has 2 saturated carbocycles. The van der Waals surface area contributed by atoms with Gasteiger partial charge in [-0.25, -0.2) is 4.39 Å². The number of pyridine rings is 1. The fourth-order valence-corrected chi connectivity index (χ4v) is 5.99. The van der Waals surface area contributed by atoms with Crippen LogP contribution >= 0.6 is 0 Å². The van der Waals surface area contributed by atoms with Crippen LogP contribution in [-0.2, 0) is 15.1 Å². The Morgan fingerprint density at radius 3 is 2.31 bits per heavy atom. The zero-order valence-corrected chi connectivity index (χ0v) is 22.7. The third kappa shape index (κ3) is 6.04. The lowest BCUT2D eigenvalue weighted by Gasteiger charge is -2.41. The number of nitrogens with two attached hydrogens (primary N) is 1. The summed E-state index contributed by atoms with van der Waals surface area (Å²) in [6, 6.07) is 20.2. The SMILES string of the molecule is CC(=O)N(C)C1CCC(CC(=O)Nc2cnc(-c3ccc([C@]4(N)C[C@H](F)C4)cc3)c(-c3ccccc3)c2)CC1. The summed E-state index contributed by atoms with van der Waals surface area (Å²) < 4.78 is 13.5. The predicted octanol–water partition coefficient (Wildman–Crippen LogP) is 6.07. The van der Waals surface area contributed by atoms with Gasteiger partial charge in [0.1, 0.15) is 6.17 Å². The molecule has 0 aliphatic heterocycles. The Balaban J connectivity index is 1.30. The number of halogens is 1. The zero-order valence-electron chi connectivity index (χ0n) is 22.7. The Kier molecular flexibility index (Phi) is 7.80. The molecule has 3 N–H and O–H groups in total. The molecule has 5 rings (SSSR count). The number of rotatable bonds is 7. The van der Waals surface area contributed by atoms with Gasteiger partial charge in [-0.3, -0.25) is 14.6 Å². The fourth-order valence-electron chi connectivity index (χ4n) is 5.99. The van der Waals surface area contributed by atoms with Crippen LogP contribution in [0, 0.1) is 5.92 Å². The van der Waals surface area contributed by atoms with Gasteiger partial charge in [-0.2, -0.15) is 0 Å². The van der Waals surface area contributed by atoms with Gasteiger partial charge in [0.2, 0.25) is 11.8 Å². The third-order valence-corrected chi connectivity index (χ3v) is 8.50. The molecule has 1 aromatic heterocycles. The smallest absolute Gasteiger partial charge is 0.224 e. The molecule has 0 unspecified atom stereocenters. The maximum absolute atomic E-state index is 13.5. The highest BCUT2D eigenvalue weighted by molar-refractivity contribution is 5.93. The van der Waals surface area contributed by atoms with Gasteiger partial charge in [-0.05, 0) is 48.8 Å². The van der Waals surface area contributed by atoms with Crippen LogP contribution in [0.25, 0.3) is 22.4 Å². The van der Waals surface area contributed by atoms with Crippen molar-refractivity contribution in [1.29, 1.82) is 0 Å². The second-order valence-corrected chi connectivity index (χ2v) is 11.3. The number of anilines is 1. The Hall–Kier alpha value is -3.58. The van der Waals surface area contributed by atoms with Crippen molar-refractivity contribution in [2.75, 3.05) is 12.4 Å². The average molecular weight is 529 g/mol. The quantitative estimate of drug-likeness (QED) is 0.390. The summed E-state index contributed by atoms with van der Waals surface area (Å²) in [5.41, 5.74) is 11.0. The molecule has 6 nitrogen and oxygen atoms in total. The third-order valence-electron chi connectivity index (χ3n) is 8.50. The molecule has 2 aromatic carbocycles. The molecule has 0 radical (unpaired) electrons. The van der Waals surface area contributed by atoms with Crippen LogP contribution in [0.5, 0.6) is 0 Å². The van der Waals surface area contributed by atoms with E-state index in [1.807, 2.05) is 72.6 Å². The first-order valence-corrected chi connectivity index (χ1v) is 13.8. The summed E-state index contributed by atoms with van der Waals surface area (Å²) in [7, 11) is 1.86. The molecule has 0 bridgehead atoms. The van der Waals surface area contributed by atoms with Gasteiger partial charge in [0.15, 0.2) is 0 Å². The molecular weight excluding hydrogens is 491 g/mol. The van der Waals surface area contributed by atoms with Crippen LogP contribution in [0.3, 0.4) is 0 Å². The van der Waals surface area contributed by atoms with E-state index in [1.165, 1.54) is 0 Å². The second-order valence-electron chi connectivity index (χ2n) is 11.3. The molecule has 3 aromatic rings. The number of hydrogen-bond donors (Lipinski definition) is 2. The molecular formula is C32H37FN4O2. The minimum Gasteiger partial charge on any atom is -0.343 e. The first-order valence-electron chi connectivity index (χ1n) is 13.8. The van der Waals surface area contributed by atoms with Gasteiger partial charge in [-0.1, -0.05) is 54.6 Å². The maximum Gasteiger partial charge on any atom is 0.224 e. The van der Waals surface area contributed by atoms with Crippen molar-refractivity contribution >= 4 is 17.5 Å². The van der Waals surface area contributed by atoms with Crippen LogP contribution in [0.1, 0.15) is 57.4 Å². The van der Waals surface area contributed by atoms with Crippen molar-refractivity contribution in [1.82, 2.24) is 9.88 Å². The lowest BCUT2D eigenvalue weighted by atomic mass is 9.71. The van der Waals surface area contributed by atoms with E-state index in [9.17, 15) is 14.0 Å². The van der Waals surface area contributed by atoms with Crippen molar-refractivity contribution in [2.45, 2.75) is 69.6 Å². The molecule has 2 amide bonds. The van der Waals surface area contributed by atoms with Crippen LogP contribution in [0.15, 0.2) is 66.9 Å². The van der Waals surface area contributed by atoms with E-state index in [1.54, 1.807) is 13.1 Å². The molecule has 2 fully saturated rings. The molecule has 1 heterocycles. The standard InChI is InChI=1S/C32H37FN4O2/c1-21(38)37(2)28-14-8-22(9-15-28)16-30(39)36-27-17-29(23-6-4-3-5-7-23)31(35-20-27)24-10-12-25(13-11-24)32(34)18-26(33)19-32/h3-7,10-13,17,20,22,26,28H,8-9,14-16,18-19,34H2,1-2H3,(H,36,39)/t22?,26-,28?,32-. The number of carbonyl (C=O) groups is 2. The van der Waals surface area contributed by atoms with E-state index >= 15 is 0 Å². The predicted molar refractivity (Wildman–Crippen MR) is 153 cm³/mol. The summed E-state index contributed by atoms with van der Waals surface area (Å²) in [4.78, 5) is 31.2. The Morgan fingerprint density at radius 1 is 1.03 bits per heavy atom.